The topological polar surface area (TPSA) is 41.5 Å². The number of hydrogen-bond acceptors (Lipinski definition) is 2. The minimum atomic E-state index is -0.198. The maximum Gasteiger partial charge on any atom is 0.271 e. The van der Waals surface area contributed by atoms with Gasteiger partial charge in [-0.1, -0.05) is 63.2 Å². The number of rotatable bonds is 3. The van der Waals surface area contributed by atoms with Crippen LogP contribution in [-0.4, -0.2) is 11.6 Å². The number of hydrogen-bond donors (Lipinski definition) is 1. The van der Waals surface area contributed by atoms with Gasteiger partial charge in [-0.15, -0.1) is 0 Å². The van der Waals surface area contributed by atoms with E-state index in [2.05, 4.69) is 31.3 Å². The van der Waals surface area contributed by atoms with Crippen LogP contribution in [0.25, 0.3) is 0 Å². The van der Waals surface area contributed by atoms with E-state index < -0.39 is 0 Å². The van der Waals surface area contributed by atoms with Crippen LogP contribution in [0.15, 0.2) is 59.7 Å². The lowest BCUT2D eigenvalue weighted by atomic mass is 9.87. The summed E-state index contributed by atoms with van der Waals surface area (Å²) in [6, 6.07) is 17.4. The number of carbonyl (C=O) groups excluding carboxylic acids is 1. The molecule has 0 spiro atoms. The van der Waals surface area contributed by atoms with Crippen molar-refractivity contribution in [3.63, 3.8) is 0 Å². The molecule has 0 aliphatic carbocycles. The molecule has 0 saturated heterocycles. The highest BCUT2D eigenvalue weighted by molar-refractivity contribution is 6.00. The van der Waals surface area contributed by atoms with Crippen LogP contribution < -0.4 is 5.43 Å². The molecule has 3 heteroatoms. The van der Waals surface area contributed by atoms with Crippen molar-refractivity contribution in [1.29, 1.82) is 0 Å². The summed E-state index contributed by atoms with van der Waals surface area (Å²) in [4.78, 5) is 12.1. The molecule has 114 valence electrons. The van der Waals surface area contributed by atoms with Gasteiger partial charge in [-0.25, -0.2) is 5.43 Å². The second-order valence-corrected chi connectivity index (χ2v) is 6.33. The van der Waals surface area contributed by atoms with Crippen LogP contribution in [0.3, 0.4) is 0 Å². The summed E-state index contributed by atoms with van der Waals surface area (Å²) in [5, 5.41) is 4.16. The lowest BCUT2D eigenvalue weighted by Gasteiger charge is -2.18. The Morgan fingerprint density at radius 2 is 1.50 bits per heavy atom. The van der Waals surface area contributed by atoms with Crippen LogP contribution in [0.4, 0.5) is 0 Å². The predicted molar refractivity (Wildman–Crippen MR) is 91.3 cm³/mol. The molecule has 0 aliphatic heterocycles. The van der Waals surface area contributed by atoms with E-state index in [1.165, 1.54) is 5.56 Å². The van der Waals surface area contributed by atoms with Gasteiger partial charge in [0, 0.05) is 5.56 Å². The van der Waals surface area contributed by atoms with E-state index in [1.807, 2.05) is 61.5 Å². The van der Waals surface area contributed by atoms with Crippen LogP contribution in [-0.2, 0) is 5.41 Å². The summed E-state index contributed by atoms with van der Waals surface area (Å²) < 4.78 is 0. The summed E-state index contributed by atoms with van der Waals surface area (Å²) >= 11 is 0. The second-order valence-electron chi connectivity index (χ2n) is 6.33. The molecule has 0 atom stereocenters. The monoisotopic (exact) mass is 294 g/mol. The van der Waals surface area contributed by atoms with Gasteiger partial charge in [0.2, 0.25) is 0 Å². The molecule has 2 aromatic rings. The third-order valence-electron chi connectivity index (χ3n) is 3.53. The fourth-order valence-electron chi connectivity index (χ4n) is 2.06. The van der Waals surface area contributed by atoms with Crippen molar-refractivity contribution in [2.75, 3.05) is 0 Å². The predicted octanol–water partition coefficient (Wildman–Crippen LogP) is 4.14. The zero-order valence-electron chi connectivity index (χ0n) is 13.6. The van der Waals surface area contributed by atoms with Gasteiger partial charge in [0.1, 0.15) is 0 Å². The van der Waals surface area contributed by atoms with Gasteiger partial charge in [-0.3, -0.25) is 4.79 Å². The quantitative estimate of drug-likeness (QED) is 0.671. The van der Waals surface area contributed by atoms with Gasteiger partial charge in [0.05, 0.1) is 5.71 Å². The van der Waals surface area contributed by atoms with E-state index in [4.69, 9.17) is 0 Å². The molecule has 2 aromatic carbocycles. The Morgan fingerprint density at radius 3 is 2.05 bits per heavy atom. The average molecular weight is 294 g/mol. The Kier molecular flexibility index (Phi) is 4.76. The number of hydrazone groups is 1. The largest absolute Gasteiger partial charge is 0.271 e. The molecular weight excluding hydrogens is 272 g/mol. The molecule has 1 N–H and O–H groups in total. The van der Waals surface area contributed by atoms with Crippen LogP contribution >= 0.6 is 0 Å². The summed E-state index contributed by atoms with van der Waals surface area (Å²) in [5.41, 5.74) is 6.27. The van der Waals surface area contributed by atoms with Gasteiger partial charge in [0.15, 0.2) is 0 Å². The number of nitrogens with zero attached hydrogens (tertiary/aromatic N) is 1. The number of benzene rings is 2. The zero-order valence-corrected chi connectivity index (χ0v) is 13.6. The molecule has 2 rings (SSSR count). The first-order valence-corrected chi connectivity index (χ1v) is 7.38. The van der Waals surface area contributed by atoms with Gasteiger partial charge in [-0.2, -0.15) is 5.10 Å². The van der Waals surface area contributed by atoms with E-state index in [0.717, 1.165) is 11.3 Å². The van der Waals surface area contributed by atoms with Crippen molar-refractivity contribution in [2.45, 2.75) is 33.1 Å². The Labute approximate surface area is 132 Å². The third kappa shape index (κ3) is 4.04. The molecule has 0 fully saturated rings. The van der Waals surface area contributed by atoms with E-state index in [-0.39, 0.29) is 11.3 Å². The average Bonchev–Trinajstić information content (AvgIpc) is 2.52. The fraction of sp³-hybridized carbons (Fsp3) is 0.263. The van der Waals surface area contributed by atoms with E-state index >= 15 is 0 Å². The number of carbonyl (C=O) groups is 1. The molecule has 0 unspecified atom stereocenters. The Morgan fingerprint density at radius 1 is 0.909 bits per heavy atom. The maximum absolute atomic E-state index is 12.1. The molecule has 0 bridgehead atoms. The molecule has 22 heavy (non-hydrogen) atoms. The lowest BCUT2D eigenvalue weighted by Crippen LogP contribution is -2.19. The minimum absolute atomic E-state index is 0.0804. The van der Waals surface area contributed by atoms with Crippen LogP contribution in [0.2, 0.25) is 0 Å². The second kappa shape index (κ2) is 6.56. The summed E-state index contributed by atoms with van der Waals surface area (Å²) in [5.74, 6) is -0.198. The van der Waals surface area contributed by atoms with E-state index in [9.17, 15) is 4.79 Å². The smallest absolute Gasteiger partial charge is 0.267 e. The highest BCUT2D eigenvalue weighted by Gasteiger charge is 2.14. The Hall–Kier alpha value is -2.42. The van der Waals surface area contributed by atoms with Gasteiger partial charge < -0.3 is 0 Å². The van der Waals surface area contributed by atoms with E-state index in [1.54, 1.807) is 0 Å². The standard InChI is InChI=1S/C19H22N2O/c1-14(15-8-6-5-7-9-15)20-21-18(22)16-10-12-17(13-11-16)19(2,3)4/h5-13H,1-4H3,(H,21,22)/b20-14+. The minimum Gasteiger partial charge on any atom is -0.267 e. The Balaban J connectivity index is 2.07. The lowest BCUT2D eigenvalue weighted by molar-refractivity contribution is 0.0955. The molecular formula is C19H22N2O. The molecule has 1 amide bonds. The fourth-order valence-corrected chi connectivity index (χ4v) is 2.06. The summed E-state index contributed by atoms with van der Waals surface area (Å²) in [7, 11) is 0. The van der Waals surface area contributed by atoms with Crippen molar-refractivity contribution in [3.8, 4) is 0 Å². The first-order chi connectivity index (χ1) is 10.4. The molecule has 3 nitrogen and oxygen atoms in total. The van der Waals surface area contributed by atoms with E-state index in [0.29, 0.717) is 5.56 Å². The van der Waals surface area contributed by atoms with Crippen molar-refractivity contribution in [3.05, 3.63) is 71.3 Å². The zero-order chi connectivity index (χ0) is 16.2. The van der Waals surface area contributed by atoms with Gasteiger partial charge in [0.25, 0.3) is 5.91 Å². The Bertz CT molecular complexity index is 665. The summed E-state index contributed by atoms with van der Waals surface area (Å²) in [6.45, 7) is 8.32. The van der Waals surface area contributed by atoms with Gasteiger partial charge in [-0.05, 0) is 35.6 Å². The van der Waals surface area contributed by atoms with Crippen molar-refractivity contribution in [2.24, 2.45) is 5.10 Å². The highest BCUT2D eigenvalue weighted by atomic mass is 16.2. The molecule has 0 aromatic heterocycles. The van der Waals surface area contributed by atoms with Crippen molar-refractivity contribution >= 4 is 11.6 Å². The number of nitrogens with one attached hydrogen (secondary N) is 1. The molecule has 0 aliphatic rings. The van der Waals surface area contributed by atoms with Crippen LogP contribution in [0.1, 0.15) is 49.2 Å². The highest BCUT2D eigenvalue weighted by Crippen LogP contribution is 2.22. The van der Waals surface area contributed by atoms with Gasteiger partial charge >= 0.3 is 0 Å². The molecule has 0 saturated carbocycles. The van der Waals surface area contributed by atoms with Crippen LogP contribution in [0, 0.1) is 0 Å². The van der Waals surface area contributed by atoms with Crippen molar-refractivity contribution < 1.29 is 4.79 Å². The molecule has 0 heterocycles. The molecule has 0 radical (unpaired) electrons. The summed E-state index contributed by atoms with van der Waals surface area (Å²) in [6.07, 6.45) is 0. The van der Waals surface area contributed by atoms with Crippen molar-refractivity contribution in [1.82, 2.24) is 5.43 Å². The first-order valence-electron chi connectivity index (χ1n) is 7.38. The SMILES string of the molecule is C/C(=N\NC(=O)c1ccc(C(C)(C)C)cc1)c1ccccc1. The third-order valence-corrected chi connectivity index (χ3v) is 3.53. The van der Waals surface area contributed by atoms with Crippen LogP contribution in [0.5, 0.6) is 0 Å². The number of amides is 1. The normalized spacial score (nSPS) is 12.1. The first kappa shape index (κ1) is 16.0. The maximum atomic E-state index is 12.1.